The van der Waals surface area contributed by atoms with Crippen molar-refractivity contribution < 1.29 is 33.0 Å². The smallest absolute Gasteiger partial charge is 0.407 e. The number of methoxy groups -OCH3 is 1. The number of hydrogen-bond acceptors (Lipinski definition) is 6. The Morgan fingerprint density at radius 1 is 1.03 bits per heavy atom. The van der Waals surface area contributed by atoms with Crippen LogP contribution in [0.2, 0.25) is 5.02 Å². The molecule has 2 atom stereocenters. The van der Waals surface area contributed by atoms with Crippen molar-refractivity contribution in [2.24, 2.45) is 0 Å². The van der Waals surface area contributed by atoms with E-state index in [9.17, 15) is 18.8 Å². The zero-order valence-corrected chi connectivity index (χ0v) is 21.8. The highest BCUT2D eigenvalue weighted by atomic mass is 35.5. The SMILES string of the molecule is CCOC(=O)[C@@H](C[C@@H](Cc1ccc(-c2cc(Cl)ccc2F)cc1)NC(=O)OC(C)(C)C)NC(=O)OC. The van der Waals surface area contributed by atoms with Gasteiger partial charge in [0.05, 0.1) is 13.7 Å². The topological polar surface area (TPSA) is 103 Å². The van der Waals surface area contributed by atoms with E-state index in [0.717, 1.165) is 5.56 Å². The highest BCUT2D eigenvalue weighted by Gasteiger charge is 2.29. The van der Waals surface area contributed by atoms with Gasteiger partial charge in [-0.25, -0.2) is 18.8 Å². The molecule has 0 bridgehead atoms. The van der Waals surface area contributed by atoms with E-state index in [0.29, 0.717) is 16.1 Å². The minimum atomic E-state index is -1.07. The highest BCUT2D eigenvalue weighted by Crippen LogP contribution is 2.26. The molecule has 0 saturated carbocycles. The van der Waals surface area contributed by atoms with Crippen LogP contribution >= 0.6 is 11.6 Å². The van der Waals surface area contributed by atoms with Gasteiger partial charge in [-0.2, -0.15) is 0 Å². The molecule has 2 aromatic carbocycles. The van der Waals surface area contributed by atoms with Crippen molar-refractivity contribution >= 4 is 29.8 Å². The van der Waals surface area contributed by atoms with E-state index in [1.807, 2.05) is 0 Å². The Hall–Kier alpha value is -3.33. The monoisotopic (exact) mass is 522 g/mol. The third kappa shape index (κ3) is 9.37. The van der Waals surface area contributed by atoms with Crippen LogP contribution in [-0.2, 0) is 25.4 Å². The average molecular weight is 523 g/mol. The molecule has 0 heterocycles. The molecule has 0 aliphatic heterocycles. The molecule has 0 spiro atoms. The summed E-state index contributed by atoms with van der Waals surface area (Å²) in [4.78, 5) is 36.8. The number of benzene rings is 2. The lowest BCUT2D eigenvalue weighted by Crippen LogP contribution is -2.48. The predicted octanol–water partition coefficient (Wildman–Crippen LogP) is 5.26. The molecule has 0 saturated heterocycles. The normalized spacial score (nSPS) is 12.8. The van der Waals surface area contributed by atoms with Crippen LogP contribution < -0.4 is 10.6 Å². The summed E-state index contributed by atoms with van der Waals surface area (Å²) >= 11 is 6.01. The summed E-state index contributed by atoms with van der Waals surface area (Å²) in [7, 11) is 1.18. The largest absolute Gasteiger partial charge is 0.464 e. The van der Waals surface area contributed by atoms with E-state index in [-0.39, 0.29) is 19.4 Å². The molecule has 2 N–H and O–H groups in total. The van der Waals surface area contributed by atoms with Gasteiger partial charge < -0.3 is 24.8 Å². The van der Waals surface area contributed by atoms with E-state index in [1.165, 1.54) is 19.2 Å². The van der Waals surface area contributed by atoms with Crippen molar-refractivity contribution in [1.82, 2.24) is 10.6 Å². The van der Waals surface area contributed by atoms with E-state index >= 15 is 0 Å². The first-order valence-electron chi connectivity index (χ1n) is 11.5. The molecule has 0 aliphatic rings. The van der Waals surface area contributed by atoms with Gasteiger partial charge in [0.15, 0.2) is 0 Å². The molecule has 0 aliphatic carbocycles. The van der Waals surface area contributed by atoms with Gasteiger partial charge in [-0.3, -0.25) is 0 Å². The molecule has 36 heavy (non-hydrogen) atoms. The fourth-order valence-electron chi connectivity index (χ4n) is 3.43. The van der Waals surface area contributed by atoms with Crippen molar-refractivity contribution in [1.29, 1.82) is 0 Å². The molecular formula is C26H32ClFN2O6. The molecule has 8 nitrogen and oxygen atoms in total. The van der Waals surface area contributed by atoms with Crippen LogP contribution in [0.3, 0.4) is 0 Å². The van der Waals surface area contributed by atoms with Gasteiger partial charge in [0.2, 0.25) is 0 Å². The zero-order valence-electron chi connectivity index (χ0n) is 21.0. The minimum Gasteiger partial charge on any atom is -0.464 e. The molecule has 196 valence electrons. The number of amides is 2. The first-order valence-corrected chi connectivity index (χ1v) is 11.8. The van der Waals surface area contributed by atoms with Crippen LogP contribution in [0, 0.1) is 5.82 Å². The van der Waals surface area contributed by atoms with Gasteiger partial charge in [-0.15, -0.1) is 0 Å². The number of rotatable bonds is 9. The van der Waals surface area contributed by atoms with Gasteiger partial charge in [0.25, 0.3) is 0 Å². The average Bonchev–Trinajstić information content (AvgIpc) is 2.79. The summed E-state index contributed by atoms with van der Waals surface area (Å²) in [5.41, 5.74) is 1.06. The minimum absolute atomic E-state index is 0.0118. The Morgan fingerprint density at radius 3 is 2.28 bits per heavy atom. The van der Waals surface area contributed by atoms with Crippen molar-refractivity contribution in [3.05, 3.63) is 58.9 Å². The number of hydrogen-bond donors (Lipinski definition) is 2. The maximum atomic E-state index is 14.3. The quantitative estimate of drug-likeness (QED) is 0.344. The molecule has 0 fully saturated rings. The Balaban J connectivity index is 2.27. The molecular weight excluding hydrogens is 491 g/mol. The molecule has 0 radical (unpaired) electrons. The molecule has 0 aromatic heterocycles. The first-order chi connectivity index (χ1) is 16.9. The summed E-state index contributed by atoms with van der Waals surface area (Å²) < 4.78 is 29.3. The number of ether oxygens (including phenoxy) is 3. The molecule has 2 aromatic rings. The number of halogens is 2. The van der Waals surface area contributed by atoms with Crippen molar-refractivity contribution in [3.63, 3.8) is 0 Å². The zero-order chi connectivity index (χ0) is 26.9. The Kier molecular flexibility index (Phi) is 10.5. The van der Waals surface area contributed by atoms with Gasteiger partial charge in [-0.05, 0) is 69.9 Å². The predicted molar refractivity (Wildman–Crippen MR) is 134 cm³/mol. The fraction of sp³-hybridized carbons (Fsp3) is 0.423. The van der Waals surface area contributed by atoms with Gasteiger partial charge >= 0.3 is 18.2 Å². The van der Waals surface area contributed by atoms with E-state index < -0.39 is 41.7 Å². The van der Waals surface area contributed by atoms with Crippen LogP contribution in [-0.4, -0.2) is 49.6 Å². The lowest BCUT2D eigenvalue weighted by atomic mass is 9.97. The third-order valence-electron chi connectivity index (χ3n) is 4.97. The summed E-state index contributed by atoms with van der Waals surface area (Å²) in [6.45, 7) is 6.96. The number of carbonyl (C=O) groups is 3. The van der Waals surface area contributed by atoms with Crippen molar-refractivity contribution in [2.45, 2.75) is 58.2 Å². The van der Waals surface area contributed by atoms with Gasteiger partial charge in [-0.1, -0.05) is 35.9 Å². The second-order valence-corrected chi connectivity index (χ2v) is 9.48. The van der Waals surface area contributed by atoms with Crippen molar-refractivity contribution in [2.75, 3.05) is 13.7 Å². The van der Waals surface area contributed by atoms with Crippen LogP contribution in [0.15, 0.2) is 42.5 Å². The lowest BCUT2D eigenvalue weighted by molar-refractivity contribution is -0.145. The Labute approximate surface area is 215 Å². The second-order valence-electron chi connectivity index (χ2n) is 9.04. The lowest BCUT2D eigenvalue weighted by Gasteiger charge is -2.26. The van der Waals surface area contributed by atoms with Crippen LogP contribution in [0.4, 0.5) is 14.0 Å². The molecule has 10 heteroatoms. The highest BCUT2D eigenvalue weighted by molar-refractivity contribution is 6.30. The summed E-state index contributed by atoms with van der Waals surface area (Å²) in [5, 5.41) is 5.63. The van der Waals surface area contributed by atoms with E-state index in [1.54, 1.807) is 58.0 Å². The maximum Gasteiger partial charge on any atom is 0.407 e. The van der Waals surface area contributed by atoms with Gasteiger partial charge in [0, 0.05) is 16.6 Å². The van der Waals surface area contributed by atoms with Crippen LogP contribution in [0.1, 0.15) is 39.7 Å². The number of carbonyl (C=O) groups excluding carboxylic acids is 3. The number of nitrogens with one attached hydrogen (secondary N) is 2. The van der Waals surface area contributed by atoms with Crippen LogP contribution in [0.25, 0.3) is 11.1 Å². The maximum absolute atomic E-state index is 14.3. The molecule has 2 rings (SSSR count). The van der Waals surface area contributed by atoms with E-state index in [4.69, 9.17) is 21.1 Å². The fourth-order valence-corrected chi connectivity index (χ4v) is 3.61. The summed E-state index contributed by atoms with van der Waals surface area (Å²) in [6.07, 6.45) is -1.18. The van der Waals surface area contributed by atoms with Gasteiger partial charge in [0.1, 0.15) is 17.5 Å². The van der Waals surface area contributed by atoms with E-state index in [2.05, 4.69) is 15.4 Å². The third-order valence-corrected chi connectivity index (χ3v) is 5.20. The molecule has 0 unspecified atom stereocenters. The summed E-state index contributed by atoms with van der Waals surface area (Å²) in [5.74, 6) is -1.06. The first kappa shape index (κ1) is 28.9. The van der Waals surface area contributed by atoms with Crippen molar-refractivity contribution in [3.8, 4) is 11.1 Å². The standard InChI is InChI=1S/C26H32ClFN2O6/c1-6-35-23(31)22(30-24(32)34-5)15-19(29-25(33)36-26(2,3)4)13-16-7-9-17(10-8-16)20-14-18(27)11-12-21(20)28/h7-12,14,19,22H,6,13,15H2,1-5H3,(H,29,33)(H,30,32)/t19-,22-/m1/s1. The number of alkyl carbamates (subject to hydrolysis) is 2. The molecule has 2 amide bonds. The Bertz CT molecular complexity index is 1060. The Morgan fingerprint density at radius 2 is 1.69 bits per heavy atom. The second kappa shape index (κ2) is 13.1. The number of esters is 1. The summed E-state index contributed by atoms with van der Waals surface area (Å²) in [6, 6.07) is 9.67. The van der Waals surface area contributed by atoms with Crippen LogP contribution in [0.5, 0.6) is 0 Å².